The molecule has 0 aliphatic carbocycles. The minimum atomic E-state index is -3.60. The summed E-state index contributed by atoms with van der Waals surface area (Å²) in [6.07, 6.45) is 3.22. The second-order valence-corrected chi connectivity index (χ2v) is 5.54. The summed E-state index contributed by atoms with van der Waals surface area (Å²) in [5, 5.41) is 3.63. The van der Waals surface area contributed by atoms with Crippen LogP contribution in [0.15, 0.2) is 33.9 Å². The molecule has 0 saturated carbocycles. The van der Waals surface area contributed by atoms with E-state index >= 15 is 0 Å². The van der Waals surface area contributed by atoms with Crippen LogP contribution in [0.4, 0.5) is 0 Å². The Balaban J connectivity index is 2.19. The van der Waals surface area contributed by atoms with Gasteiger partial charge in [0.2, 0.25) is 10.0 Å². The van der Waals surface area contributed by atoms with E-state index in [1.807, 2.05) is 0 Å². The van der Waals surface area contributed by atoms with Crippen molar-refractivity contribution in [2.24, 2.45) is 0 Å². The largest absolute Gasteiger partial charge is 0.360 e. The van der Waals surface area contributed by atoms with Crippen molar-refractivity contribution in [2.45, 2.75) is 25.3 Å². The van der Waals surface area contributed by atoms with Gasteiger partial charge in [0, 0.05) is 18.9 Å². The summed E-state index contributed by atoms with van der Waals surface area (Å²) in [6, 6.07) is 3.49. The number of rotatable bonds is 4. The van der Waals surface area contributed by atoms with E-state index in [-0.39, 0.29) is 17.2 Å². The van der Waals surface area contributed by atoms with Crippen LogP contribution in [0.3, 0.4) is 0 Å². The number of nitrogens with one attached hydrogen (secondary N) is 1. The molecule has 7 heteroatoms. The van der Waals surface area contributed by atoms with E-state index in [0.29, 0.717) is 5.69 Å². The van der Waals surface area contributed by atoms with Gasteiger partial charge in [0.05, 0.1) is 0 Å². The Morgan fingerprint density at radius 2 is 1.94 bits per heavy atom. The van der Waals surface area contributed by atoms with Crippen LogP contribution in [0.5, 0.6) is 0 Å². The zero-order valence-electron chi connectivity index (χ0n) is 10.0. The van der Waals surface area contributed by atoms with Crippen molar-refractivity contribution < 1.29 is 12.9 Å². The quantitative estimate of drug-likeness (QED) is 0.898. The Labute approximate surface area is 105 Å². The van der Waals surface area contributed by atoms with Gasteiger partial charge in [-0.15, -0.1) is 0 Å². The molecule has 0 amide bonds. The van der Waals surface area contributed by atoms with E-state index in [1.165, 1.54) is 0 Å². The summed E-state index contributed by atoms with van der Waals surface area (Å²) in [7, 11) is -3.60. The second kappa shape index (κ2) is 4.87. The summed E-state index contributed by atoms with van der Waals surface area (Å²) < 4.78 is 31.5. The van der Waals surface area contributed by atoms with Crippen LogP contribution in [0.25, 0.3) is 0 Å². The van der Waals surface area contributed by atoms with Crippen molar-refractivity contribution in [3.8, 4) is 0 Å². The molecule has 96 valence electrons. The molecule has 2 aromatic rings. The topological polar surface area (TPSA) is 85.1 Å². The SMILES string of the molecule is Cc1noc(C)c1S(=O)(=O)NCc1ccncc1. The average Bonchev–Trinajstić information content (AvgIpc) is 2.69. The molecular weight excluding hydrogens is 254 g/mol. The van der Waals surface area contributed by atoms with Crippen molar-refractivity contribution >= 4 is 10.0 Å². The second-order valence-electron chi connectivity index (χ2n) is 3.83. The van der Waals surface area contributed by atoms with Gasteiger partial charge >= 0.3 is 0 Å². The average molecular weight is 267 g/mol. The molecule has 0 atom stereocenters. The van der Waals surface area contributed by atoms with E-state index < -0.39 is 10.0 Å². The minimum absolute atomic E-state index is 0.108. The van der Waals surface area contributed by atoms with Crippen molar-refractivity contribution in [1.29, 1.82) is 0 Å². The van der Waals surface area contributed by atoms with Crippen LogP contribution in [0, 0.1) is 13.8 Å². The highest BCUT2D eigenvalue weighted by atomic mass is 32.2. The predicted octanol–water partition coefficient (Wildman–Crippen LogP) is 1.16. The maximum atomic E-state index is 12.1. The Bertz CT molecular complexity index is 615. The lowest BCUT2D eigenvalue weighted by molar-refractivity contribution is 0.390. The number of sulfonamides is 1. The van der Waals surface area contributed by atoms with E-state index in [4.69, 9.17) is 4.52 Å². The van der Waals surface area contributed by atoms with Gasteiger partial charge in [-0.3, -0.25) is 4.98 Å². The maximum Gasteiger partial charge on any atom is 0.246 e. The van der Waals surface area contributed by atoms with Gasteiger partial charge in [0.25, 0.3) is 0 Å². The number of hydrogen-bond donors (Lipinski definition) is 1. The molecule has 0 radical (unpaired) electrons. The molecule has 18 heavy (non-hydrogen) atoms. The lowest BCUT2D eigenvalue weighted by Crippen LogP contribution is -2.24. The predicted molar refractivity (Wildman–Crippen MR) is 64.2 cm³/mol. The molecule has 0 saturated heterocycles. The molecule has 2 heterocycles. The minimum Gasteiger partial charge on any atom is -0.360 e. The first-order chi connectivity index (χ1) is 8.50. The van der Waals surface area contributed by atoms with E-state index in [1.54, 1.807) is 38.4 Å². The maximum absolute atomic E-state index is 12.1. The number of nitrogens with zero attached hydrogens (tertiary/aromatic N) is 2. The first kappa shape index (κ1) is 12.7. The molecule has 0 spiro atoms. The third-order valence-electron chi connectivity index (χ3n) is 2.45. The van der Waals surface area contributed by atoms with Crippen LogP contribution < -0.4 is 4.72 Å². The van der Waals surface area contributed by atoms with Gasteiger partial charge in [-0.05, 0) is 31.5 Å². The highest BCUT2D eigenvalue weighted by Crippen LogP contribution is 2.18. The summed E-state index contributed by atoms with van der Waals surface area (Å²) in [6.45, 7) is 3.37. The van der Waals surface area contributed by atoms with Crippen molar-refractivity contribution in [1.82, 2.24) is 14.9 Å². The lowest BCUT2D eigenvalue weighted by Gasteiger charge is -2.05. The summed E-state index contributed by atoms with van der Waals surface area (Å²) in [5.74, 6) is 0.287. The molecule has 0 bridgehead atoms. The molecule has 6 nitrogen and oxygen atoms in total. The Hall–Kier alpha value is -1.73. The molecule has 1 N–H and O–H groups in total. The Morgan fingerprint density at radius 1 is 1.28 bits per heavy atom. The van der Waals surface area contributed by atoms with Crippen LogP contribution in [-0.2, 0) is 16.6 Å². The fourth-order valence-electron chi connectivity index (χ4n) is 1.61. The van der Waals surface area contributed by atoms with Gasteiger partial charge in [0.1, 0.15) is 10.6 Å². The normalized spacial score (nSPS) is 11.7. The third kappa shape index (κ3) is 2.57. The van der Waals surface area contributed by atoms with E-state index in [0.717, 1.165) is 5.56 Å². The number of aromatic nitrogens is 2. The molecule has 0 aromatic carbocycles. The summed E-state index contributed by atoms with van der Waals surface area (Å²) in [4.78, 5) is 3.97. The zero-order valence-corrected chi connectivity index (χ0v) is 10.9. The number of aryl methyl sites for hydroxylation is 2. The third-order valence-corrected chi connectivity index (χ3v) is 4.10. The molecule has 0 aliphatic heterocycles. The first-order valence-corrected chi connectivity index (χ1v) is 6.80. The van der Waals surface area contributed by atoms with Crippen molar-refractivity contribution in [3.05, 3.63) is 41.5 Å². The highest BCUT2D eigenvalue weighted by Gasteiger charge is 2.23. The lowest BCUT2D eigenvalue weighted by atomic mass is 10.3. The highest BCUT2D eigenvalue weighted by molar-refractivity contribution is 7.89. The molecule has 0 fully saturated rings. The molecule has 2 rings (SSSR count). The zero-order chi connectivity index (χ0) is 13.2. The van der Waals surface area contributed by atoms with Gasteiger partial charge in [0.15, 0.2) is 5.76 Å². The van der Waals surface area contributed by atoms with Crippen LogP contribution in [-0.4, -0.2) is 18.6 Å². The monoisotopic (exact) mass is 267 g/mol. The molecule has 2 aromatic heterocycles. The van der Waals surface area contributed by atoms with E-state index in [2.05, 4.69) is 14.9 Å². The van der Waals surface area contributed by atoms with Gasteiger partial charge in [-0.25, -0.2) is 13.1 Å². The van der Waals surface area contributed by atoms with Crippen LogP contribution in [0.2, 0.25) is 0 Å². The smallest absolute Gasteiger partial charge is 0.246 e. The van der Waals surface area contributed by atoms with Crippen molar-refractivity contribution in [3.63, 3.8) is 0 Å². The molecule has 0 aliphatic rings. The standard InChI is InChI=1S/C11H13N3O3S/c1-8-11(9(2)17-14-8)18(15,16)13-7-10-3-5-12-6-4-10/h3-6,13H,7H2,1-2H3. The number of pyridine rings is 1. The Kier molecular flexibility index (Phi) is 3.44. The Morgan fingerprint density at radius 3 is 2.50 bits per heavy atom. The van der Waals surface area contributed by atoms with Gasteiger partial charge in [-0.2, -0.15) is 0 Å². The summed E-state index contributed by atoms with van der Waals surface area (Å²) >= 11 is 0. The fraction of sp³-hybridized carbons (Fsp3) is 0.273. The molecule has 0 unspecified atom stereocenters. The fourth-order valence-corrected chi connectivity index (χ4v) is 2.95. The van der Waals surface area contributed by atoms with Gasteiger partial charge in [-0.1, -0.05) is 5.16 Å². The van der Waals surface area contributed by atoms with E-state index in [9.17, 15) is 8.42 Å². The van der Waals surface area contributed by atoms with Crippen LogP contribution in [0.1, 0.15) is 17.0 Å². The van der Waals surface area contributed by atoms with Crippen LogP contribution >= 0.6 is 0 Å². The van der Waals surface area contributed by atoms with Crippen molar-refractivity contribution in [2.75, 3.05) is 0 Å². The number of hydrogen-bond acceptors (Lipinski definition) is 5. The first-order valence-electron chi connectivity index (χ1n) is 5.32. The molecular formula is C11H13N3O3S. The van der Waals surface area contributed by atoms with Gasteiger partial charge < -0.3 is 4.52 Å². The summed E-state index contributed by atoms with van der Waals surface area (Å²) in [5.41, 5.74) is 1.19.